The van der Waals surface area contributed by atoms with E-state index in [9.17, 15) is 8.42 Å². The van der Waals surface area contributed by atoms with Gasteiger partial charge in [0.15, 0.2) is 0 Å². The highest BCUT2D eigenvalue weighted by molar-refractivity contribution is 7.89. The Kier molecular flexibility index (Phi) is 4.66. The first kappa shape index (κ1) is 14.3. The van der Waals surface area contributed by atoms with Crippen molar-refractivity contribution in [2.24, 2.45) is 5.41 Å². The van der Waals surface area contributed by atoms with Crippen LogP contribution in [0.1, 0.15) is 40.0 Å². The largest absolute Gasteiger partial charge is 0.217 e. The molecule has 5 heteroatoms. The Balaban J connectivity index is 2.80. The van der Waals surface area contributed by atoms with Crippen molar-refractivity contribution in [2.75, 3.05) is 19.0 Å². The summed E-state index contributed by atoms with van der Waals surface area (Å²) < 4.78 is 25.9. The maximum atomic E-state index is 12.1. The Bertz CT molecular complexity index is 325. The van der Waals surface area contributed by atoms with E-state index in [4.69, 9.17) is 11.6 Å². The van der Waals surface area contributed by atoms with E-state index in [0.717, 1.165) is 19.3 Å². The molecule has 0 aromatic heterocycles. The number of hydrogen-bond donors (Lipinski definition) is 0. The maximum Gasteiger partial charge on any atom is 0.217 e. The summed E-state index contributed by atoms with van der Waals surface area (Å²) in [5.41, 5.74) is 0.194. The zero-order chi connectivity index (χ0) is 12.4. The molecule has 1 heterocycles. The summed E-state index contributed by atoms with van der Waals surface area (Å²) in [7, 11) is -3.18. The van der Waals surface area contributed by atoms with Crippen LogP contribution in [0.15, 0.2) is 0 Å². The summed E-state index contributed by atoms with van der Waals surface area (Å²) in [4.78, 5) is 0. The van der Waals surface area contributed by atoms with E-state index in [0.29, 0.717) is 13.1 Å². The fourth-order valence-electron chi connectivity index (χ4n) is 2.27. The van der Waals surface area contributed by atoms with Crippen LogP contribution in [-0.2, 0) is 10.0 Å². The quantitative estimate of drug-likeness (QED) is 0.718. The van der Waals surface area contributed by atoms with Crippen molar-refractivity contribution in [1.82, 2.24) is 4.31 Å². The summed E-state index contributed by atoms with van der Waals surface area (Å²) >= 11 is 5.65. The lowest BCUT2D eigenvalue weighted by Gasteiger charge is -2.27. The molecular formula is C11H22ClNO2S. The third-order valence-corrected chi connectivity index (χ3v) is 6.85. The molecule has 1 aliphatic rings. The van der Waals surface area contributed by atoms with Crippen LogP contribution in [0.4, 0.5) is 0 Å². The lowest BCUT2D eigenvalue weighted by molar-refractivity contribution is 0.279. The number of sulfonamides is 1. The Morgan fingerprint density at radius 1 is 1.38 bits per heavy atom. The van der Waals surface area contributed by atoms with Crippen molar-refractivity contribution in [3.05, 3.63) is 0 Å². The molecule has 0 spiro atoms. The molecule has 0 radical (unpaired) electrons. The predicted octanol–water partition coefficient (Wildman–Crippen LogP) is 2.46. The zero-order valence-corrected chi connectivity index (χ0v) is 11.9. The first-order valence-corrected chi connectivity index (χ1v) is 8.00. The molecule has 0 saturated carbocycles. The van der Waals surface area contributed by atoms with Crippen LogP contribution in [0.2, 0.25) is 0 Å². The fourth-order valence-corrected chi connectivity index (χ4v) is 4.22. The molecule has 16 heavy (non-hydrogen) atoms. The number of hydrogen-bond acceptors (Lipinski definition) is 2. The zero-order valence-electron chi connectivity index (χ0n) is 10.4. The Hall–Kier alpha value is 0.200. The van der Waals surface area contributed by atoms with Crippen molar-refractivity contribution in [3.8, 4) is 0 Å². The van der Waals surface area contributed by atoms with Gasteiger partial charge in [-0.3, -0.25) is 0 Å². The second-order valence-corrected chi connectivity index (χ2v) is 7.46. The van der Waals surface area contributed by atoms with Gasteiger partial charge in [0, 0.05) is 19.0 Å². The van der Waals surface area contributed by atoms with Gasteiger partial charge in [0.1, 0.15) is 0 Å². The third-order valence-electron chi connectivity index (χ3n) is 3.99. The topological polar surface area (TPSA) is 37.4 Å². The lowest BCUT2D eigenvalue weighted by atomic mass is 9.82. The monoisotopic (exact) mass is 267 g/mol. The average molecular weight is 268 g/mol. The van der Waals surface area contributed by atoms with Crippen molar-refractivity contribution >= 4 is 21.6 Å². The minimum atomic E-state index is -3.18. The van der Waals surface area contributed by atoms with Crippen LogP contribution in [0.5, 0.6) is 0 Å². The highest BCUT2D eigenvalue weighted by Gasteiger charge is 2.41. The molecule has 0 aliphatic carbocycles. The molecule has 1 saturated heterocycles. The van der Waals surface area contributed by atoms with Gasteiger partial charge in [0.25, 0.3) is 0 Å². The molecule has 1 aliphatic heterocycles. The van der Waals surface area contributed by atoms with E-state index < -0.39 is 15.3 Å². The molecule has 96 valence electrons. The predicted molar refractivity (Wildman–Crippen MR) is 68.3 cm³/mol. The average Bonchev–Trinajstić information content (AvgIpc) is 2.73. The first-order valence-electron chi connectivity index (χ1n) is 5.97. The van der Waals surface area contributed by atoms with Crippen molar-refractivity contribution in [3.63, 3.8) is 0 Å². The molecule has 3 nitrogen and oxygen atoms in total. The van der Waals surface area contributed by atoms with Gasteiger partial charge >= 0.3 is 0 Å². The SMILES string of the molecule is CCC1(CC)CCN(S(=O)(=O)C(C)CCl)C1. The summed E-state index contributed by atoms with van der Waals surface area (Å²) in [6.07, 6.45) is 3.07. The summed E-state index contributed by atoms with van der Waals surface area (Å²) in [5, 5.41) is -0.473. The normalized spacial score (nSPS) is 23.5. The van der Waals surface area contributed by atoms with Gasteiger partial charge in [-0.1, -0.05) is 13.8 Å². The van der Waals surface area contributed by atoms with Crippen LogP contribution in [0.25, 0.3) is 0 Å². The number of rotatable bonds is 5. The van der Waals surface area contributed by atoms with Gasteiger partial charge in [0.05, 0.1) is 5.25 Å². The van der Waals surface area contributed by atoms with Crippen molar-refractivity contribution < 1.29 is 8.42 Å². The van der Waals surface area contributed by atoms with E-state index >= 15 is 0 Å². The van der Waals surface area contributed by atoms with Crippen LogP contribution in [-0.4, -0.2) is 36.9 Å². The van der Waals surface area contributed by atoms with Gasteiger partial charge in [-0.15, -0.1) is 11.6 Å². The van der Waals surface area contributed by atoms with E-state index in [2.05, 4.69) is 13.8 Å². The molecular weight excluding hydrogens is 246 g/mol. The maximum absolute atomic E-state index is 12.1. The molecule has 0 N–H and O–H groups in total. The summed E-state index contributed by atoms with van der Waals surface area (Å²) in [5.74, 6) is 0.171. The smallest absolute Gasteiger partial charge is 0.212 e. The first-order chi connectivity index (χ1) is 7.41. The Labute approximate surface area is 104 Å². The van der Waals surface area contributed by atoms with Gasteiger partial charge in [-0.05, 0) is 31.6 Å². The van der Waals surface area contributed by atoms with E-state index in [-0.39, 0.29) is 11.3 Å². The number of halogens is 1. The van der Waals surface area contributed by atoms with Crippen LogP contribution in [0, 0.1) is 5.41 Å². The standard InChI is InChI=1S/C11H22ClNO2S/c1-4-11(5-2)6-7-13(9-11)16(14,15)10(3)8-12/h10H,4-9H2,1-3H3. The van der Waals surface area contributed by atoms with Gasteiger partial charge < -0.3 is 0 Å². The van der Waals surface area contributed by atoms with Crippen molar-refractivity contribution in [1.29, 1.82) is 0 Å². The van der Waals surface area contributed by atoms with Crippen LogP contribution < -0.4 is 0 Å². The third kappa shape index (κ3) is 2.54. The fraction of sp³-hybridized carbons (Fsp3) is 1.00. The molecule has 0 amide bonds. The molecule has 1 atom stereocenters. The summed E-state index contributed by atoms with van der Waals surface area (Å²) in [6.45, 7) is 7.30. The van der Waals surface area contributed by atoms with E-state index in [1.807, 2.05) is 0 Å². The minimum Gasteiger partial charge on any atom is -0.212 e. The van der Waals surface area contributed by atoms with E-state index in [1.165, 1.54) is 0 Å². The highest BCUT2D eigenvalue weighted by atomic mass is 35.5. The molecule has 1 rings (SSSR count). The molecule has 0 aromatic carbocycles. The lowest BCUT2D eigenvalue weighted by Crippen LogP contribution is -2.38. The molecule has 1 unspecified atom stereocenters. The van der Waals surface area contributed by atoms with Crippen molar-refractivity contribution in [2.45, 2.75) is 45.3 Å². The Morgan fingerprint density at radius 2 is 1.94 bits per heavy atom. The summed E-state index contributed by atoms with van der Waals surface area (Å²) in [6, 6.07) is 0. The van der Waals surface area contributed by atoms with Gasteiger partial charge in [0.2, 0.25) is 10.0 Å². The van der Waals surface area contributed by atoms with Crippen LogP contribution in [0.3, 0.4) is 0 Å². The second-order valence-electron chi connectivity index (χ2n) is 4.80. The van der Waals surface area contributed by atoms with Crippen LogP contribution >= 0.6 is 11.6 Å². The number of alkyl halides is 1. The minimum absolute atomic E-state index is 0.171. The van der Waals surface area contributed by atoms with Gasteiger partial charge in [-0.2, -0.15) is 0 Å². The van der Waals surface area contributed by atoms with Gasteiger partial charge in [-0.25, -0.2) is 12.7 Å². The molecule has 1 fully saturated rings. The molecule has 0 aromatic rings. The number of nitrogens with zero attached hydrogens (tertiary/aromatic N) is 1. The second kappa shape index (κ2) is 5.23. The van der Waals surface area contributed by atoms with E-state index in [1.54, 1.807) is 11.2 Å². The Morgan fingerprint density at radius 3 is 2.31 bits per heavy atom. The highest BCUT2D eigenvalue weighted by Crippen LogP contribution is 2.38. The molecule has 0 bridgehead atoms.